The highest BCUT2D eigenvalue weighted by atomic mass is 15.2. The molecule has 3 nitrogen and oxygen atoms in total. The Morgan fingerprint density at radius 3 is 3.15 bits per heavy atom. The molecule has 2 rings (SSSR count). The summed E-state index contributed by atoms with van der Waals surface area (Å²) in [6.45, 7) is 0. The first-order chi connectivity index (χ1) is 6.31. The lowest BCUT2D eigenvalue weighted by Crippen LogP contribution is -1.88. The minimum absolute atomic E-state index is 0.463. The van der Waals surface area contributed by atoms with Gasteiger partial charge in [-0.3, -0.25) is 4.68 Å². The van der Waals surface area contributed by atoms with E-state index in [0.29, 0.717) is 6.42 Å². The Morgan fingerprint density at radius 1 is 1.54 bits per heavy atom. The van der Waals surface area contributed by atoms with Crippen LogP contribution in [0.5, 0.6) is 0 Å². The molecule has 0 spiro atoms. The van der Waals surface area contributed by atoms with Crippen LogP contribution >= 0.6 is 0 Å². The number of aromatic nitrogens is 2. The first-order valence-electron chi connectivity index (χ1n) is 4.09. The number of hydrogen-bond donors (Lipinski definition) is 0. The summed E-state index contributed by atoms with van der Waals surface area (Å²) in [4.78, 5) is 0. The van der Waals surface area contributed by atoms with Gasteiger partial charge in [0.25, 0.3) is 0 Å². The van der Waals surface area contributed by atoms with Gasteiger partial charge in [0.05, 0.1) is 24.2 Å². The SMILES string of the molecule is Cn1ncc2cc(CC#N)ccc21. The minimum Gasteiger partial charge on any atom is -0.268 e. The maximum absolute atomic E-state index is 8.53. The summed E-state index contributed by atoms with van der Waals surface area (Å²) in [5.74, 6) is 0. The highest BCUT2D eigenvalue weighted by molar-refractivity contribution is 5.79. The van der Waals surface area contributed by atoms with E-state index in [1.54, 1.807) is 0 Å². The molecule has 1 aromatic carbocycles. The molecule has 0 amide bonds. The quantitative estimate of drug-likeness (QED) is 0.654. The van der Waals surface area contributed by atoms with E-state index in [2.05, 4.69) is 11.2 Å². The molecule has 0 bridgehead atoms. The molecule has 0 aliphatic heterocycles. The van der Waals surface area contributed by atoms with E-state index in [1.165, 1.54) is 0 Å². The van der Waals surface area contributed by atoms with Gasteiger partial charge in [-0.25, -0.2) is 0 Å². The first kappa shape index (κ1) is 7.81. The lowest BCUT2D eigenvalue weighted by Gasteiger charge is -1.95. The van der Waals surface area contributed by atoms with Crippen LogP contribution in [-0.2, 0) is 13.5 Å². The van der Waals surface area contributed by atoms with Gasteiger partial charge in [0.1, 0.15) is 0 Å². The van der Waals surface area contributed by atoms with Gasteiger partial charge < -0.3 is 0 Å². The van der Waals surface area contributed by atoms with Crippen molar-refractivity contribution >= 4 is 10.9 Å². The van der Waals surface area contributed by atoms with Crippen molar-refractivity contribution in [1.82, 2.24) is 9.78 Å². The highest BCUT2D eigenvalue weighted by Gasteiger charge is 1.99. The van der Waals surface area contributed by atoms with Crippen LogP contribution in [0.25, 0.3) is 10.9 Å². The average Bonchev–Trinajstić information content (AvgIpc) is 2.48. The molecule has 0 atom stereocenters. The number of nitrogens with zero attached hydrogens (tertiary/aromatic N) is 3. The third-order valence-electron chi connectivity index (χ3n) is 2.09. The summed E-state index contributed by atoms with van der Waals surface area (Å²) < 4.78 is 1.82. The third-order valence-corrected chi connectivity index (χ3v) is 2.09. The molecule has 0 aliphatic rings. The largest absolute Gasteiger partial charge is 0.268 e. The van der Waals surface area contributed by atoms with Crippen LogP contribution in [0.15, 0.2) is 24.4 Å². The molecule has 0 saturated carbocycles. The zero-order valence-electron chi connectivity index (χ0n) is 7.36. The topological polar surface area (TPSA) is 41.6 Å². The van der Waals surface area contributed by atoms with Gasteiger partial charge in [0.2, 0.25) is 0 Å². The summed E-state index contributed by atoms with van der Waals surface area (Å²) in [5, 5.41) is 13.7. The van der Waals surface area contributed by atoms with Gasteiger partial charge in [-0.05, 0) is 17.7 Å². The summed E-state index contributed by atoms with van der Waals surface area (Å²) in [6, 6.07) is 8.09. The summed E-state index contributed by atoms with van der Waals surface area (Å²) in [7, 11) is 1.91. The Morgan fingerprint density at radius 2 is 2.38 bits per heavy atom. The predicted molar refractivity (Wildman–Crippen MR) is 50.0 cm³/mol. The van der Waals surface area contributed by atoms with E-state index in [-0.39, 0.29) is 0 Å². The van der Waals surface area contributed by atoms with Gasteiger partial charge >= 0.3 is 0 Å². The fourth-order valence-corrected chi connectivity index (χ4v) is 1.41. The first-order valence-corrected chi connectivity index (χ1v) is 4.09. The maximum Gasteiger partial charge on any atom is 0.0679 e. The van der Waals surface area contributed by atoms with Crippen LogP contribution in [-0.4, -0.2) is 9.78 Å². The van der Waals surface area contributed by atoms with Crippen molar-refractivity contribution in [3.8, 4) is 6.07 Å². The van der Waals surface area contributed by atoms with E-state index in [4.69, 9.17) is 5.26 Å². The molecule has 1 heterocycles. The highest BCUT2D eigenvalue weighted by Crippen LogP contribution is 2.14. The number of nitriles is 1. The molecular formula is C10H9N3. The molecule has 0 N–H and O–H groups in total. The van der Waals surface area contributed by atoms with Gasteiger partial charge in [-0.15, -0.1) is 0 Å². The van der Waals surface area contributed by atoms with Crippen LogP contribution in [0.2, 0.25) is 0 Å². The number of benzene rings is 1. The number of rotatable bonds is 1. The monoisotopic (exact) mass is 171 g/mol. The average molecular weight is 171 g/mol. The Bertz CT molecular complexity index is 476. The molecular weight excluding hydrogens is 162 g/mol. The van der Waals surface area contributed by atoms with Crippen LogP contribution in [0.4, 0.5) is 0 Å². The van der Waals surface area contributed by atoms with Gasteiger partial charge in [-0.1, -0.05) is 6.07 Å². The van der Waals surface area contributed by atoms with Crippen LogP contribution in [0, 0.1) is 11.3 Å². The fourth-order valence-electron chi connectivity index (χ4n) is 1.41. The second-order valence-electron chi connectivity index (χ2n) is 3.00. The summed E-state index contributed by atoms with van der Waals surface area (Å²) in [5.41, 5.74) is 2.14. The lowest BCUT2D eigenvalue weighted by atomic mass is 10.1. The zero-order chi connectivity index (χ0) is 9.26. The third kappa shape index (κ3) is 1.27. The standard InChI is InChI=1S/C10H9N3/c1-13-10-3-2-8(4-5-11)6-9(10)7-12-13/h2-3,6-7H,4H2,1H3. The molecule has 1 aromatic heterocycles. The van der Waals surface area contributed by atoms with Crippen molar-refractivity contribution in [2.45, 2.75) is 6.42 Å². The second kappa shape index (κ2) is 2.91. The van der Waals surface area contributed by atoms with Crippen molar-refractivity contribution in [1.29, 1.82) is 5.26 Å². The Hall–Kier alpha value is -1.82. The second-order valence-corrected chi connectivity index (χ2v) is 3.00. The molecule has 0 fully saturated rings. The van der Waals surface area contributed by atoms with Crippen molar-refractivity contribution in [2.75, 3.05) is 0 Å². The smallest absolute Gasteiger partial charge is 0.0679 e. The molecule has 3 heteroatoms. The van der Waals surface area contributed by atoms with Crippen LogP contribution in [0.3, 0.4) is 0 Å². The Balaban J connectivity index is 2.58. The molecule has 2 aromatic rings. The fraction of sp³-hybridized carbons (Fsp3) is 0.200. The molecule has 0 unspecified atom stereocenters. The van der Waals surface area contributed by atoms with E-state index in [9.17, 15) is 0 Å². The number of hydrogen-bond acceptors (Lipinski definition) is 2. The van der Waals surface area contributed by atoms with Crippen LogP contribution < -0.4 is 0 Å². The van der Waals surface area contributed by atoms with Crippen molar-refractivity contribution < 1.29 is 0 Å². The summed E-state index contributed by atoms with van der Waals surface area (Å²) in [6.07, 6.45) is 2.28. The van der Waals surface area contributed by atoms with Gasteiger partial charge in [0, 0.05) is 12.4 Å². The Labute approximate surface area is 76.2 Å². The van der Waals surface area contributed by atoms with Crippen molar-refractivity contribution in [3.05, 3.63) is 30.0 Å². The summed E-state index contributed by atoms with van der Waals surface area (Å²) >= 11 is 0. The van der Waals surface area contributed by atoms with E-state index >= 15 is 0 Å². The molecule has 0 radical (unpaired) electrons. The van der Waals surface area contributed by atoms with Crippen LogP contribution in [0.1, 0.15) is 5.56 Å². The maximum atomic E-state index is 8.53. The number of fused-ring (bicyclic) bond motifs is 1. The Kier molecular flexibility index (Phi) is 1.75. The molecule has 0 saturated heterocycles. The normalized spacial score (nSPS) is 10.2. The van der Waals surface area contributed by atoms with E-state index < -0.39 is 0 Å². The minimum atomic E-state index is 0.463. The van der Waals surface area contributed by atoms with E-state index in [0.717, 1.165) is 16.5 Å². The number of aryl methyl sites for hydroxylation is 1. The molecule has 13 heavy (non-hydrogen) atoms. The van der Waals surface area contributed by atoms with Crippen molar-refractivity contribution in [2.24, 2.45) is 7.05 Å². The van der Waals surface area contributed by atoms with Crippen molar-refractivity contribution in [3.63, 3.8) is 0 Å². The lowest BCUT2D eigenvalue weighted by molar-refractivity contribution is 0.797. The molecule has 0 aliphatic carbocycles. The predicted octanol–water partition coefficient (Wildman–Crippen LogP) is 1.64. The van der Waals surface area contributed by atoms with E-state index in [1.807, 2.05) is 36.1 Å². The van der Waals surface area contributed by atoms with Gasteiger partial charge in [-0.2, -0.15) is 10.4 Å². The zero-order valence-corrected chi connectivity index (χ0v) is 7.36. The molecule has 64 valence electrons. The van der Waals surface area contributed by atoms with Gasteiger partial charge in [0.15, 0.2) is 0 Å².